The van der Waals surface area contributed by atoms with Crippen molar-refractivity contribution in [1.82, 2.24) is 0 Å². The summed E-state index contributed by atoms with van der Waals surface area (Å²) in [6.07, 6.45) is 3.96. The lowest BCUT2D eigenvalue weighted by molar-refractivity contribution is -0.182. The van der Waals surface area contributed by atoms with Crippen LogP contribution in [0.3, 0.4) is 0 Å². The second-order valence-corrected chi connectivity index (χ2v) is 11.0. The van der Waals surface area contributed by atoms with Crippen molar-refractivity contribution >= 4 is 17.5 Å². The van der Waals surface area contributed by atoms with Crippen molar-refractivity contribution in [3.05, 3.63) is 0 Å². The summed E-state index contributed by atoms with van der Waals surface area (Å²) in [7, 11) is 1.77. The topological polar surface area (TPSA) is 46.5 Å². The number of hydrogen-bond donors (Lipinski definition) is 1. The largest absolute Gasteiger partial charge is 0.392 e. The van der Waals surface area contributed by atoms with E-state index in [9.17, 15) is 14.3 Å². The molecular weight excluding hydrogens is 351 g/mol. The van der Waals surface area contributed by atoms with Crippen LogP contribution in [-0.4, -0.2) is 47.4 Å². The van der Waals surface area contributed by atoms with Crippen LogP contribution >= 0.6 is 11.8 Å². The van der Waals surface area contributed by atoms with Gasteiger partial charge in [-0.15, -0.1) is 11.8 Å². The van der Waals surface area contributed by atoms with Crippen LogP contribution in [0.5, 0.6) is 0 Å². The molecule has 0 spiro atoms. The molecule has 0 aromatic carbocycles. The molecule has 8 atom stereocenters. The molecule has 1 N–H and O–H groups in total. The van der Waals surface area contributed by atoms with Crippen LogP contribution in [0.1, 0.15) is 59.8 Å². The van der Waals surface area contributed by atoms with Crippen LogP contribution in [0, 0.1) is 28.6 Å². The fourth-order valence-electron chi connectivity index (χ4n) is 6.80. The van der Waals surface area contributed by atoms with E-state index in [0.717, 1.165) is 25.7 Å². The van der Waals surface area contributed by atoms with E-state index in [4.69, 9.17) is 4.74 Å². The van der Waals surface area contributed by atoms with Gasteiger partial charge in [-0.3, -0.25) is 9.18 Å². The number of thioether (sulfide) groups is 1. The number of rotatable bonds is 4. The lowest BCUT2D eigenvalue weighted by atomic mass is 9.45. The molecule has 2 bridgehead atoms. The minimum atomic E-state index is -0.716. The van der Waals surface area contributed by atoms with Crippen LogP contribution in [-0.2, 0) is 9.53 Å². The zero-order valence-corrected chi connectivity index (χ0v) is 17.7. The Morgan fingerprint density at radius 1 is 1.27 bits per heavy atom. The molecule has 2 unspecified atom stereocenters. The highest BCUT2D eigenvalue weighted by atomic mass is 32.2. The Balaban J connectivity index is 2.12. The maximum Gasteiger partial charge on any atom is 0.152 e. The number of hydrogen-bond acceptors (Lipinski definition) is 4. The molecule has 0 heterocycles. The highest BCUT2D eigenvalue weighted by molar-refractivity contribution is 8.01. The predicted molar refractivity (Wildman–Crippen MR) is 104 cm³/mol. The molecule has 0 aromatic heterocycles. The minimum Gasteiger partial charge on any atom is -0.392 e. The van der Waals surface area contributed by atoms with Gasteiger partial charge in [0.2, 0.25) is 0 Å². The van der Waals surface area contributed by atoms with Gasteiger partial charge in [0.25, 0.3) is 0 Å². The minimum absolute atomic E-state index is 0.0795. The van der Waals surface area contributed by atoms with Gasteiger partial charge < -0.3 is 9.84 Å². The molecule has 0 saturated heterocycles. The number of aliphatic hydroxyl groups is 1. The van der Waals surface area contributed by atoms with E-state index in [-0.39, 0.29) is 34.6 Å². The number of aliphatic hydroxyl groups excluding tert-OH is 1. The first-order valence-electron chi connectivity index (χ1n) is 10.1. The molecule has 3 nitrogen and oxygen atoms in total. The van der Waals surface area contributed by atoms with Crippen LogP contribution in [0.15, 0.2) is 0 Å². The molecule has 3 fully saturated rings. The Morgan fingerprint density at radius 2 is 1.92 bits per heavy atom. The molecule has 0 amide bonds. The SMILES string of the molecule is CO[C@@H]1CCC23CC[C@@H](C)[C@](C)(C12)[C@H](O)C[C@@](C)(SCCF)C(=O)[C@@H]3C. The van der Waals surface area contributed by atoms with E-state index >= 15 is 0 Å². The summed E-state index contributed by atoms with van der Waals surface area (Å²) in [6, 6.07) is 0. The summed E-state index contributed by atoms with van der Waals surface area (Å²) in [5.41, 5.74) is -0.375. The average molecular weight is 387 g/mol. The highest BCUT2D eigenvalue weighted by Gasteiger charge is 2.67. The van der Waals surface area contributed by atoms with Gasteiger partial charge >= 0.3 is 0 Å². The summed E-state index contributed by atoms with van der Waals surface area (Å²) in [6.45, 7) is 8.05. The Labute approximate surface area is 161 Å². The van der Waals surface area contributed by atoms with Crippen LogP contribution < -0.4 is 0 Å². The number of carbonyl (C=O) groups excluding carboxylic acids is 1. The second-order valence-electron chi connectivity index (χ2n) is 9.40. The molecule has 3 aliphatic carbocycles. The van der Waals surface area contributed by atoms with Crippen molar-refractivity contribution in [3.63, 3.8) is 0 Å². The number of halogens is 1. The van der Waals surface area contributed by atoms with Gasteiger partial charge in [-0.05, 0) is 56.3 Å². The Hall–Kier alpha value is -0.130. The Bertz CT molecular complexity index is 557. The fourth-order valence-corrected chi connectivity index (χ4v) is 7.92. The van der Waals surface area contributed by atoms with Crippen molar-refractivity contribution in [3.8, 4) is 0 Å². The molecule has 3 saturated carbocycles. The van der Waals surface area contributed by atoms with Gasteiger partial charge in [0.15, 0.2) is 5.78 Å². The van der Waals surface area contributed by atoms with Gasteiger partial charge in [-0.25, -0.2) is 0 Å². The number of ketones is 1. The molecule has 0 radical (unpaired) electrons. The summed E-state index contributed by atoms with van der Waals surface area (Å²) < 4.78 is 18.1. The van der Waals surface area contributed by atoms with E-state index in [1.54, 1.807) is 7.11 Å². The molecule has 0 aromatic rings. The number of carbonyl (C=O) groups is 1. The van der Waals surface area contributed by atoms with E-state index < -0.39 is 17.5 Å². The summed E-state index contributed by atoms with van der Waals surface area (Å²) in [5.74, 6) is 1.01. The smallest absolute Gasteiger partial charge is 0.152 e. The van der Waals surface area contributed by atoms with Crippen LogP contribution in [0.4, 0.5) is 4.39 Å². The van der Waals surface area contributed by atoms with Crippen LogP contribution in [0.25, 0.3) is 0 Å². The molecule has 3 aliphatic rings. The molecular formula is C21H35FO3S. The van der Waals surface area contributed by atoms with Crippen molar-refractivity contribution in [2.45, 2.75) is 76.8 Å². The predicted octanol–water partition coefficient (Wildman–Crippen LogP) is 4.27. The van der Waals surface area contributed by atoms with E-state index in [0.29, 0.717) is 18.1 Å². The summed E-state index contributed by atoms with van der Waals surface area (Å²) >= 11 is 1.40. The maximum atomic E-state index is 13.6. The molecule has 0 aliphatic heterocycles. The second kappa shape index (κ2) is 7.04. The number of ether oxygens (including phenoxy) is 1. The average Bonchev–Trinajstić information content (AvgIpc) is 3.02. The molecule has 150 valence electrons. The Morgan fingerprint density at radius 3 is 2.54 bits per heavy atom. The van der Waals surface area contributed by atoms with Crippen molar-refractivity contribution in [1.29, 1.82) is 0 Å². The first-order chi connectivity index (χ1) is 12.2. The third-order valence-corrected chi connectivity index (χ3v) is 9.90. The number of Topliss-reactive ketones (excluding diaryl/α,β-unsaturated/α-hetero) is 1. The van der Waals surface area contributed by atoms with Crippen molar-refractivity contribution in [2.24, 2.45) is 28.6 Å². The first kappa shape index (κ1) is 20.6. The van der Waals surface area contributed by atoms with Crippen molar-refractivity contribution in [2.75, 3.05) is 19.5 Å². The van der Waals surface area contributed by atoms with E-state index in [2.05, 4.69) is 20.8 Å². The molecule has 5 heteroatoms. The van der Waals surface area contributed by atoms with E-state index in [1.165, 1.54) is 11.8 Å². The number of methoxy groups -OCH3 is 1. The highest BCUT2D eigenvalue weighted by Crippen LogP contribution is 2.68. The zero-order chi connectivity index (χ0) is 19.3. The lowest BCUT2D eigenvalue weighted by Gasteiger charge is -2.61. The van der Waals surface area contributed by atoms with Gasteiger partial charge in [-0.2, -0.15) is 0 Å². The van der Waals surface area contributed by atoms with Gasteiger partial charge in [0.1, 0.15) is 0 Å². The summed E-state index contributed by atoms with van der Waals surface area (Å²) in [5, 5.41) is 11.4. The number of alkyl halides is 1. The third kappa shape index (κ3) is 2.71. The monoisotopic (exact) mass is 386 g/mol. The first-order valence-corrected chi connectivity index (χ1v) is 11.1. The summed E-state index contributed by atoms with van der Waals surface area (Å²) in [4.78, 5) is 13.6. The zero-order valence-electron chi connectivity index (χ0n) is 16.9. The van der Waals surface area contributed by atoms with Crippen molar-refractivity contribution < 1.29 is 19.0 Å². The van der Waals surface area contributed by atoms with Crippen LogP contribution in [0.2, 0.25) is 0 Å². The van der Waals surface area contributed by atoms with E-state index in [1.807, 2.05) is 6.92 Å². The quantitative estimate of drug-likeness (QED) is 0.784. The Kier molecular flexibility index (Phi) is 5.58. The normalized spacial score (nSPS) is 51.7. The standard InChI is InChI=1S/C21H35FO3S/c1-13-6-8-21-9-7-15(25-5)17(21)20(13,4)16(23)12-19(3,26-11-10-22)18(24)14(21)2/h13-17,23H,6-12H2,1-5H3/t13-,14+,15-,16-,17?,19-,20+,21?/m1/s1. The maximum absolute atomic E-state index is 13.6. The van der Waals surface area contributed by atoms with Gasteiger partial charge in [0.05, 0.1) is 23.6 Å². The molecule has 3 rings (SSSR count). The third-order valence-electron chi connectivity index (χ3n) is 8.54. The lowest BCUT2D eigenvalue weighted by Crippen LogP contribution is -2.63. The van der Waals surface area contributed by atoms with Gasteiger partial charge in [-0.1, -0.05) is 20.8 Å². The molecule has 26 heavy (non-hydrogen) atoms. The van der Waals surface area contributed by atoms with Gasteiger partial charge in [0, 0.05) is 24.2 Å². The fraction of sp³-hybridized carbons (Fsp3) is 0.952.